The van der Waals surface area contributed by atoms with E-state index in [-0.39, 0.29) is 11.9 Å². The summed E-state index contributed by atoms with van der Waals surface area (Å²) in [6.45, 7) is 2.56. The van der Waals surface area contributed by atoms with Gasteiger partial charge in [0, 0.05) is 18.0 Å². The molecule has 0 radical (unpaired) electrons. The molecule has 0 saturated heterocycles. The van der Waals surface area contributed by atoms with E-state index in [4.69, 9.17) is 4.74 Å². The minimum absolute atomic E-state index is 0.129. The van der Waals surface area contributed by atoms with Gasteiger partial charge in [-0.3, -0.25) is 9.78 Å². The molecular weight excluding hydrogens is 338 g/mol. The average Bonchev–Trinajstić information content (AvgIpc) is 3.15. The van der Waals surface area contributed by atoms with Crippen LogP contribution in [-0.2, 0) is 4.74 Å². The maximum absolute atomic E-state index is 12.7. The Morgan fingerprint density at radius 2 is 1.70 bits per heavy atom. The Balaban J connectivity index is 1.54. The molecule has 0 fully saturated rings. The van der Waals surface area contributed by atoms with Gasteiger partial charge in [0.1, 0.15) is 6.61 Å². The van der Waals surface area contributed by atoms with Gasteiger partial charge in [0.2, 0.25) is 5.90 Å². The third kappa shape index (κ3) is 3.72. The molecule has 0 aliphatic carbocycles. The van der Waals surface area contributed by atoms with E-state index in [0.717, 1.165) is 16.7 Å². The molecular formula is C22H19N3O2. The molecule has 27 heavy (non-hydrogen) atoms. The molecule has 0 spiro atoms. The topological polar surface area (TPSA) is 63.6 Å². The number of aromatic nitrogens is 1. The quantitative estimate of drug-likeness (QED) is 0.762. The van der Waals surface area contributed by atoms with Crippen molar-refractivity contribution in [2.75, 3.05) is 11.9 Å². The molecule has 5 nitrogen and oxygen atoms in total. The Labute approximate surface area is 157 Å². The highest BCUT2D eigenvalue weighted by Gasteiger charge is 2.19. The van der Waals surface area contributed by atoms with Crippen LogP contribution in [0.1, 0.15) is 22.8 Å². The van der Waals surface area contributed by atoms with Crippen LogP contribution in [0.3, 0.4) is 0 Å². The average molecular weight is 357 g/mol. The van der Waals surface area contributed by atoms with E-state index >= 15 is 0 Å². The lowest BCUT2D eigenvalue weighted by atomic mass is 10.0. The van der Waals surface area contributed by atoms with Crippen LogP contribution in [0.2, 0.25) is 0 Å². The maximum atomic E-state index is 12.7. The lowest BCUT2D eigenvalue weighted by Crippen LogP contribution is -2.15. The number of anilines is 1. The molecule has 2 heterocycles. The van der Waals surface area contributed by atoms with Gasteiger partial charge in [-0.25, -0.2) is 4.99 Å². The van der Waals surface area contributed by atoms with Gasteiger partial charge >= 0.3 is 0 Å². The van der Waals surface area contributed by atoms with E-state index in [9.17, 15) is 4.79 Å². The number of amides is 1. The lowest BCUT2D eigenvalue weighted by Gasteiger charge is -2.11. The highest BCUT2D eigenvalue weighted by molar-refractivity contribution is 6.09. The minimum atomic E-state index is -0.171. The van der Waals surface area contributed by atoms with E-state index < -0.39 is 0 Å². The molecule has 0 saturated carbocycles. The number of nitrogens with one attached hydrogen (secondary N) is 1. The smallest absolute Gasteiger partial charge is 0.255 e. The van der Waals surface area contributed by atoms with Crippen LogP contribution in [0.5, 0.6) is 0 Å². The van der Waals surface area contributed by atoms with Crippen molar-refractivity contribution in [3.8, 4) is 11.1 Å². The molecule has 0 unspecified atom stereocenters. The lowest BCUT2D eigenvalue weighted by molar-refractivity contribution is 0.102. The number of rotatable bonds is 4. The molecule has 1 atom stereocenters. The summed E-state index contributed by atoms with van der Waals surface area (Å²) in [6, 6.07) is 19.1. The Hall–Kier alpha value is -3.47. The third-order valence-corrected chi connectivity index (χ3v) is 4.37. The van der Waals surface area contributed by atoms with E-state index in [1.165, 1.54) is 0 Å². The van der Waals surface area contributed by atoms with Crippen molar-refractivity contribution in [1.82, 2.24) is 4.98 Å². The number of carbonyl (C=O) groups is 1. The predicted octanol–water partition coefficient (Wildman–Crippen LogP) is 4.17. The van der Waals surface area contributed by atoms with Crippen LogP contribution < -0.4 is 5.32 Å². The largest absolute Gasteiger partial charge is 0.475 e. The normalized spacial score (nSPS) is 15.7. The van der Waals surface area contributed by atoms with Gasteiger partial charge in [0.25, 0.3) is 5.91 Å². The molecule has 3 aromatic rings. The zero-order valence-corrected chi connectivity index (χ0v) is 14.9. The second kappa shape index (κ2) is 7.41. The van der Waals surface area contributed by atoms with Crippen molar-refractivity contribution in [2.24, 2.45) is 4.99 Å². The highest BCUT2D eigenvalue weighted by atomic mass is 16.5. The molecule has 1 N–H and O–H groups in total. The zero-order chi connectivity index (χ0) is 18.6. The van der Waals surface area contributed by atoms with Crippen LogP contribution in [0.4, 0.5) is 5.69 Å². The summed E-state index contributed by atoms with van der Waals surface area (Å²) in [5.74, 6) is 0.404. The first-order valence-corrected chi connectivity index (χ1v) is 8.82. The summed E-state index contributed by atoms with van der Waals surface area (Å²) < 4.78 is 5.64. The van der Waals surface area contributed by atoms with E-state index in [1.807, 2.05) is 67.6 Å². The number of aliphatic imine (C=N–C) groups is 1. The van der Waals surface area contributed by atoms with Gasteiger partial charge < -0.3 is 10.1 Å². The van der Waals surface area contributed by atoms with Crippen molar-refractivity contribution in [2.45, 2.75) is 13.0 Å². The van der Waals surface area contributed by atoms with E-state index in [1.54, 1.807) is 12.4 Å². The van der Waals surface area contributed by atoms with Crippen molar-refractivity contribution in [3.63, 3.8) is 0 Å². The van der Waals surface area contributed by atoms with Gasteiger partial charge in [-0.15, -0.1) is 0 Å². The highest BCUT2D eigenvalue weighted by Crippen LogP contribution is 2.22. The second-order valence-electron chi connectivity index (χ2n) is 6.41. The van der Waals surface area contributed by atoms with Crippen molar-refractivity contribution < 1.29 is 9.53 Å². The standard InChI is InChI=1S/C22H19N3O2/c1-15-14-27-22(24-15)19-4-2-3-5-20(19)25-21(26)18-8-6-16(7-9-18)17-10-12-23-13-11-17/h2-13,15H,14H2,1H3,(H,25,26)/t15-/m0/s1. The predicted molar refractivity (Wildman–Crippen MR) is 106 cm³/mol. The number of carbonyl (C=O) groups excluding carboxylic acids is 1. The fourth-order valence-corrected chi connectivity index (χ4v) is 2.95. The van der Waals surface area contributed by atoms with Gasteiger partial charge in [0.05, 0.1) is 17.3 Å². The molecule has 1 aliphatic heterocycles. The van der Waals surface area contributed by atoms with Crippen molar-refractivity contribution in [1.29, 1.82) is 0 Å². The number of hydrogen-bond acceptors (Lipinski definition) is 4. The summed E-state index contributed by atoms with van der Waals surface area (Å²) in [5, 5.41) is 2.97. The summed E-state index contributed by atoms with van der Waals surface area (Å²) in [4.78, 5) is 21.2. The molecule has 1 amide bonds. The van der Waals surface area contributed by atoms with E-state index in [0.29, 0.717) is 23.8 Å². The first-order chi connectivity index (χ1) is 13.2. The zero-order valence-electron chi connectivity index (χ0n) is 14.9. The summed E-state index contributed by atoms with van der Waals surface area (Å²) in [6.07, 6.45) is 3.50. The Morgan fingerprint density at radius 1 is 1.00 bits per heavy atom. The molecule has 2 aromatic carbocycles. The van der Waals surface area contributed by atoms with Crippen LogP contribution >= 0.6 is 0 Å². The maximum Gasteiger partial charge on any atom is 0.255 e. The first-order valence-electron chi connectivity index (χ1n) is 8.82. The SMILES string of the molecule is C[C@H]1COC(c2ccccc2NC(=O)c2ccc(-c3ccncc3)cc2)=N1. The summed E-state index contributed by atoms with van der Waals surface area (Å²) in [5.41, 5.74) is 4.17. The first kappa shape index (κ1) is 17.0. The van der Waals surface area contributed by atoms with Crippen molar-refractivity contribution >= 4 is 17.5 Å². The van der Waals surface area contributed by atoms with Gasteiger partial charge in [-0.2, -0.15) is 0 Å². The Kier molecular flexibility index (Phi) is 4.66. The number of pyridine rings is 1. The number of para-hydroxylation sites is 1. The molecule has 1 aliphatic rings. The van der Waals surface area contributed by atoms with Crippen LogP contribution in [0, 0.1) is 0 Å². The minimum Gasteiger partial charge on any atom is -0.475 e. The molecule has 134 valence electrons. The molecule has 0 bridgehead atoms. The monoisotopic (exact) mass is 357 g/mol. The summed E-state index contributed by atoms with van der Waals surface area (Å²) >= 11 is 0. The second-order valence-corrected chi connectivity index (χ2v) is 6.41. The van der Waals surface area contributed by atoms with Gasteiger partial charge in [-0.05, 0) is 54.4 Å². The van der Waals surface area contributed by atoms with Crippen molar-refractivity contribution in [3.05, 3.63) is 84.2 Å². The number of hydrogen-bond donors (Lipinski definition) is 1. The van der Waals surface area contributed by atoms with Gasteiger partial charge in [-0.1, -0.05) is 24.3 Å². The van der Waals surface area contributed by atoms with Crippen LogP contribution in [-0.4, -0.2) is 29.4 Å². The number of nitrogens with zero attached hydrogens (tertiary/aromatic N) is 2. The Morgan fingerprint density at radius 3 is 2.41 bits per heavy atom. The molecule has 4 rings (SSSR count). The fraction of sp³-hybridized carbons (Fsp3) is 0.136. The van der Waals surface area contributed by atoms with Crippen LogP contribution in [0.15, 0.2) is 78.0 Å². The van der Waals surface area contributed by atoms with Crippen LogP contribution in [0.25, 0.3) is 11.1 Å². The fourth-order valence-electron chi connectivity index (χ4n) is 2.95. The number of ether oxygens (including phenoxy) is 1. The number of benzene rings is 2. The molecule has 1 aromatic heterocycles. The van der Waals surface area contributed by atoms with E-state index in [2.05, 4.69) is 15.3 Å². The van der Waals surface area contributed by atoms with Gasteiger partial charge in [0.15, 0.2) is 0 Å². The third-order valence-electron chi connectivity index (χ3n) is 4.37. The summed E-state index contributed by atoms with van der Waals surface area (Å²) in [7, 11) is 0. The molecule has 5 heteroatoms. The Bertz CT molecular complexity index is 982.